The summed E-state index contributed by atoms with van der Waals surface area (Å²) in [6, 6.07) is 5.61. The SMILES string of the molecule is Cc1c(C2CCN(C(=O)OC(C)(C)C)CC2)cnn1-c1ccc(OC(F)(F)F)cc1. The molecule has 1 saturated heterocycles. The highest BCUT2D eigenvalue weighted by Gasteiger charge is 2.31. The molecule has 0 spiro atoms. The van der Waals surface area contributed by atoms with Gasteiger partial charge in [0.05, 0.1) is 11.9 Å². The molecule has 3 rings (SSSR count). The molecule has 6 nitrogen and oxygen atoms in total. The fraction of sp³-hybridized carbons (Fsp3) is 0.524. The predicted molar refractivity (Wildman–Crippen MR) is 105 cm³/mol. The summed E-state index contributed by atoms with van der Waals surface area (Å²) < 4.78 is 48.0. The molecule has 1 aliphatic heterocycles. The van der Waals surface area contributed by atoms with E-state index in [9.17, 15) is 18.0 Å². The van der Waals surface area contributed by atoms with E-state index in [1.54, 1.807) is 15.8 Å². The Bertz CT molecular complexity index is 878. The molecule has 1 fully saturated rings. The van der Waals surface area contributed by atoms with Gasteiger partial charge in [-0.1, -0.05) is 0 Å². The second-order valence-electron chi connectivity index (χ2n) is 8.38. The van der Waals surface area contributed by atoms with Crippen LogP contribution in [-0.2, 0) is 4.74 Å². The number of ether oxygens (including phenoxy) is 2. The van der Waals surface area contributed by atoms with E-state index in [0.717, 1.165) is 24.1 Å². The van der Waals surface area contributed by atoms with Gasteiger partial charge in [0.15, 0.2) is 0 Å². The summed E-state index contributed by atoms with van der Waals surface area (Å²) in [5.74, 6) is -0.0175. The van der Waals surface area contributed by atoms with E-state index >= 15 is 0 Å². The summed E-state index contributed by atoms with van der Waals surface area (Å²) in [6.07, 6.45) is -1.63. The van der Waals surface area contributed by atoms with E-state index in [0.29, 0.717) is 18.8 Å². The number of nitrogens with zero attached hydrogens (tertiary/aromatic N) is 3. The standard InChI is InChI=1S/C21H26F3N3O3/c1-14-18(15-9-11-26(12-10-15)19(28)30-20(2,3)4)13-25-27(14)16-5-7-17(8-6-16)29-21(22,23)24/h5-8,13,15H,9-12H2,1-4H3. The molecule has 1 aliphatic rings. The Morgan fingerprint density at radius 2 is 1.70 bits per heavy atom. The Balaban J connectivity index is 1.66. The van der Waals surface area contributed by atoms with Crippen molar-refractivity contribution in [2.75, 3.05) is 13.1 Å². The average molecular weight is 425 g/mol. The fourth-order valence-corrected chi connectivity index (χ4v) is 3.57. The summed E-state index contributed by atoms with van der Waals surface area (Å²) in [5, 5.41) is 4.42. The summed E-state index contributed by atoms with van der Waals surface area (Å²) in [5.41, 5.74) is 2.14. The number of carbonyl (C=O) groups excluding carboxylic acids is 1. The van der Waals surface area contributed by atoms with Crippen LogP contribution in [0.3, 0.4) is 0 Å². The molecule has 0 radical (unpaired) electrons. The number of piperidine rings is 1. The van der Waals surface area contributed by atoms with E-state index in [-0.39, 0.29) is 17.8 Å². The van der Waals surface area contributed by atoms with Gasteiger partial charge in [-0.3, -0.25) is 0 Å². The van der Waals surface area contributed by atoms with Crippen LogP contribution in [0.2, 0.25) is 0 Å². The van der Waals surface area contributed by atoms with Gasteiger partial charge in [0.2, 0.25) is 0 Å². The number of benzene rings is 1. The van der Waals surface area contributed by atoms with Crippen molar-refractivity contribution in [3.8, 4) is 11.4 Å². The molecule has 2 heterocycles. The van der Waals surface area contributed by atoms with Gasteiger partial charge >= 0.3 is 12.5 Å². The highest BCUT2D eigenvalue weighted by molar-refractivity contribution is 5.68. The molecule has 30 heavy (non-hydrogen) atoms. The van der Waals surface area contributed by atoms with Crippen molar-refractivity contribution in [3.63, 3.8) is 0 Å². The van der Waals surface area contributed by atoms with Gasteiger partial charge in [-0.25, -0.2) is 9.48 Å². The van der Waals surface area contributed by atoms with Crippen LogP contribution >= 0.6 is 0 Å². The van der Waals surface area contributed by atoms with Crippen LogP contribution in [0, 0.1) is 6.92 Å². The highest BCUT2D eigenvalue weighted by Crippen LogP contribution is 2.32. The number of aromatic nitrogens is 2. The van der Waals surface area contributed by atoms with Crippen LogP contribution in [0.5, 0.6) is 5.75 Å². The maximum atomic E-state index is 12.3. The minimum atomic E-state index is -4.72. The topological polar surface area (TPSA) is 56.6 Å². The first kappa shape index (κ1) is 22.0. The number of rotatable bonds is 3. The van der Waals surface area contributed by atoms with Crippen LogP contribution in [0.1, 0.15) is 50.8 Å². The zero-order valence-electron chi connectivity index (χ0n) is 17.5. The molecule has 164 valence electrons. The minimum Gasteiger partial charge on any atom is -0.444 e. The molecule has 0 bridgehead atoms. The second-order valence-corrected chi connectivity index (χ2v) is 8.38. The van der Waals surface area contributed by atoms with Gasteiger partial charge in [-0.2, -0.15) is 5.10 Å². The van der Waals surface area contributed by atoms with E-state index in [1.165, 1.54) is 24.3 Å². The molecule has 2 aromatic rings. The number of hydrogen-bond donors (Lipinski definition) is 0. The van der Waals surface area contributed by atoms with Crippen molar-refractivity contribution in [2.24, 2.45) is 0 Å². The quantitative estimate of drug-likeness (QED) is 0.679. The van der Waals surface area contributed by atoms with Crippen molar-refractivity contribution < 1.29 is 27.4 Å². The Morgan fingerprint density at radius 1 is 1.10 bits per heavy atom. The molecule has 1 aromatic heterocycles. The Kier molecular flexibility index (Phi) is 6.01. The lowest BCUT2D eigenvalue weighted by Gasteiger charge is -2.33. The van der Waals surface area contributed by atoms with Crippen LogP contribution < -0.4 is 4.74 Å². The average Bonchev–Trinajstić information content (AvgIpc) is 3.01. The van der Waals surface area contributed by atoms with Gasteiger partial charge in [0.25, 0.3) is 0 Å². The molecule has 0 N–H and O–H groups in total. The first-order chi connectivity index (χ1) is 13.9. The Hall–Kier alpha value is -2.71. The number of likely N-dealkylation sites (tertiary alicyclic amines) is 1. The first-order valence-corrected chi connectivity index (χ1v) is 9.81. The Morgan fingerprint density at radius 3 is 2.23 bits per heavy atom. The predicted octanol–water partition coefficient (Wildman–Crippen LogP) is 5.19. The van der Waals surface area contributed by atoms with Crippen LogP contribution in [0.4, 0.5) is 18.0 Å². The third-order valence-electron chi connectivity index (χ3n) is 4.95. The summed E-state index contributed by atoms with van der Waals surface area (Å²) in [4.78, 5) is 14.0. The van der Waals surface area contributed by atoms with Gasteiger partial charge < -0.3 is 14.4 Å². The zero-order chi connectivity index (χ0) is 22.1. The molecular formula is C21H26F3N3O3. The van der Waals surface area contributed by atoms with Gasteiger partial charge in [-0.15, -0.1) is 13.2 Å². The largest absolute Gasteiger partial charge is 0.573 e. The number of amides is 1. The molecule has 1 aromatic carbocycles. The van der Waals surface area contributed by atoms with Gasteiger partial charge in [0, 0.05) is 18.8 Å². The zero-order valence-corrected chi connectivity index (χ0v) is 17.5. The molecule has 0 saturated carbocycles. The van der Waals surface area contributed by atoms with Crippen LogP contribution in [0.25, 0.3) is 5.69 Å². The lowest BCUT2D eigenvalue weighted by atomic mass is 9.90. The highest BCUT2D eigenvalue weighted by atomic mass is 19.4. The van der Waals surface area contributed by atoms with Crippen molar-refractivity contribution in [3.05, 3.63) is 41.7 Å². The molecule has 0 aliphatic carbocycles. The maximum Gasteiger partial charge on any atom is 0.573 e. The van der Waals surface area contributed by atoms with E-state index in [2.05, 4.69) is 9.84 Å². The van der Waals surface area contributed by atoms with Crippen LogP contribution in [-0.4, -0.2) is 45.8 Å². The second kappa shape index (κ2) is 8.20. The van der Waals surface area contributed by atoms with Crippen molar-refractivity contribution in [1.29, 1.82) is 0 Å². The molecule has 0 atom stereocenters. The van der Waals surface area contributed by atoms with E-state index in [4.69, 9.17) is 4.74 Å². The van der Waals surface area contributed by atoms with Crippen molar-refractivity contribution >= 4 is 6.09 Å². The van der Waals surface area contributed by atoms with Crippen molar-refractivity contribution in [1.82, 2.24) is 14.7 Å². The third kappa shape index (κ3) is 5.46. The molecule has 9 heteroatoms. The van der Waals surface area contributed by atoms with Gasteiger partial charge in [0.1, 0.15) is 11.4 Å². The van der Waals surface area contributed by atoms with E-state index < -0.39 is 12.0 Å². The van der Waals surface area contributed by atoms with Crippen molar-refractivity contribution in [2.45, 2.75) is 58.4 Å². The molecular weight excluding hydrogens is 399 g/mol. The Labute approximate surface area is 173 Å². The lowest BCUT2D eigenvalue weighted by Crippen LogP contribution is -2.41. The summed E-state index contributed by atoms with van der Waals surface area (Å²) in [6.45, 7) is 8.68. The van der Waals surface area contributed by atoms with E-state index in [1.807, 2.05) is 27.7 Å². The lowest BCUT2D eigenvalue weighted by molar-refractivity contribution is -0.274. The smallest absolute Gasteiger partial charge is 0.444 e. The molecule has 0 unspecified atom stereocenters. The summed E-state index contributed by atoms with van der Waals surface area (Å²) in [7, 11) is 0. The molecule has 1 amide bonds. The third-order valence-corrected chi connectivity index (χ3v) is 4.95. The first-order valence-electron chi connectivity index (χ1n) is 9.81. The normalized spacial score (nSPS) is 15.9. The number of alkyl halides is 3. The maximum absolute atomic E-state index is 12.3. The monoisotopic (exact) mass is 425 g/mol. The summed E-state index contributed by atoms with van der Waals surface area (Å²) >= 11 is 0. The number of carbonyl (C=O) groups is 1. The van der Waals surface area contributed by atoms with Gasteiger partial charge in [-0.05, 0) is 76.3 Å². The number of hydrogen-bond acceptors (Lipinski definition) is 4. The number of halogens is 3. The van der Waals surface area contributed by atoms with Crippen LogP contribution in [0.15, 0.2) is 30.5 Å². The fourth-order valence-electron chi connectivity index (χ4n) is 3.57. The minimum absolute atomic E-state index is 0.255.